The summed E-state index contributed by atoms with van der Waals surface area (Å²) in [5.74, 6) is 2.03. The Hall–Kier alpha value is -2.20. The predicted molar refractivity (Wildman–Crippen MR) is 97.1 cm³/mol. The SMILES string of the molecule is C=C(C)Cn1c(C2CCN2S(C)(=O)=O)nnc1N(C)Cc1cc(C)on1. The van der Waals surface area contributed by atoms with Crippen molar-refractivity contribution >= 4 is 16.0 Å². The molecule has 26 heavy (non-hydrogen) atoms. The number of anilines is 1. The van der Waals surface area contributed by atoms with Crippen LogP contribution in [0.2, 0.25) is 0 Å². The van der Waals surface area contributed by atoms with E-state index in [-0.39, 0.29) is 6.04 Å². The van der Waals surface area contributed by atoms with E-state index < -0.39 is 10.0 Å². The molecule has 142 valence electrons. The summed E-state index contributed by atoms with van der Waals surface area (Å²) in [5, 5.41) is 12.6. The van der Waals surface area contributed by atoms with E-state index in [0.717, 1.165) is 23.4 Å². The van der Waals surface area contributed by atoms with E-state index in [1.807, 2.05) is 36.4 Å². The first-order valence-electron chi connectivity index (χ1n) is 8.34. The minimum absolute atomic E-state index is 0.284. The van der Waals surface area contributed by atoms with E-state index in [4.69, 9.17) is 4.52 Å². The van der Waals surface area contributed by atoms with E-state index in [2.05, 4.69) is 21.9 Å². The predicted octanol–water partition coefficient (Wildman–Crippen LogP) is 1.49. The first-order valence-corrected chi connectivity index (χ1v) is 10.2. The lowest BCUT2D eigenvalue weighted by atomic mass is 10.1. The normalized spacial score (nSPS) is 17.9. The van der Waals surface area contributed by atoms with Gasteiger partial charge in [-0.15, -0.1) is 10.2 Å². The van der Waals surface area contributed by atoms with E-state index in [1.165, 1.54) is 10.6 Å². The summed E-state index contributed by atoms with van der Waals surface area (Å²) in [4.78, 5) is 1.92. The van der Waals surface area contributed by atoms with Crippen LogP contribution in [0, 0.1) is 6.92 Å². The van der Waals surface area contributed by atoms with Gasteiger partial charge < -0.3 is 9.42 Å². The summed E-state index contributed by atoms with van der Waals surface area (Å²) in [5.41, 5.74) is 1.72. The zero-order chi connectivity index (χ0) is 19.1. The number of hydrogen-bond acceptors (Lipinski definition) is 7. The maximum absolute atomic E-state index is 11.9. The molecule has 1 saturated heterocycles. The molecule has 2 aromatic rings. The molecule has 1 fully saturated rings. The zero-order valence-electron chi connectivity index (χ0n) is 15.5. The smallest absolute Gasteiger partial charge is 0.227 e. The van der Waals surface area contributed by atoms with Crippen molar-refractivity contribution in [1.29, 1.82) is 0 Å². The Morgan fingerprint density at radius 1 is 1.46 bits per heavy atom. The van der Waals surface area contributed by atoms with Gasteiger partial charge in [-0.05, 0) is 20.3 Å². The topological polar surface area (TPSA) is 97.4 Å². The fraction of sp³-hybridized carbons (Fsp3) is 0.562. The minimum atomic E-state index is -3.27. The Morgan fingerprint density at radius 3 is 2.69 bits per heavy atom. The number of hydrogen-bond donors (Lipinski definition) is 0. The van der Waals surface area contributed by atoms with Crippen molar-refractivity contribution in [3.05, 3.63) is 35.5 Å². The third-order valence-corrected chi connectivity index (χ3v) is 5.59. The second kappa shape index (κ2) is 6.84. The molecular formula is C16H24N6O3S. The molecule has 2 aromatic heterocycles. The van der Waals surface area contributed by atoms with Crippen molar-refractivity contribution in [2.45, 2.75) is 39.4 Å². The largest absolute Gasteiger partial charge is 0.361 e. The Morgan fingerprint density at radius 2 is 2.19 bits per heavy atom. The number of nitrogens with zero attached hydrogens (tertiary/aromatic N) is 6. The Balaban J connectivity index is 1.91. The lowest BCUT2D eigenvalue weighted by Gasteiger charge is -2.38. The number of allylic oxidation sites excluding steroid dienone is 1. The third-order valence-electron chi connectivity index (χ3n) is 4.30. The Labute approximate surface area is 153 Å². The van der Waals surface area contributed by atoms with Gasteiger partial charge in [0.1, 0.15) is 11.5 Å². The average molecular weight is 380 g/mol. The van der Waals surface area contributed by atoms with Crippen molar-refractivity contribution in [2.24, 2.45) is 0 Å². The van der Waals surface area contributed by atoms with Crippen LogP contribution in [-0.4, -0.2) is 52.5 Å². The molecule has 0 aromatic carbocycles. The van der Waals surface area contributed by atoms with Crippen LogP contribution in [0.3, 0.4) is 0 Å². The van der Waals surface area contributed by atoms with E-state index in [1.54, 1.807) is 0 Å². The number of sulfonamides is 1. The number of aromatic nitrogens is 4. The van der Waals surface area contributed by atoms with Crippen molar-refractivity contribution in [2.75, 3.05) is 24.7 Å². The van der Waals surface area contributed by atoms with Crippen LogP contribution in [0.15, 0.2) is 22.7 Å². The molecule has 3 rings (SSSR count). The van der Waals surface area contributed by atoms with Gasteiger partial charge in [0.25, 0.3) is 0 Å². The van der Waals surface area contributed by atoms with Crippen LogP contribution in [0.5, 0.6) is 0 Å². The molecule has 1 atom stereocenters. The van der Waals surface area contributed by atoms with Gasteiger partial charge in [0.15, 0.2) is 5.82 Å². The first kappa shape index (κ1) is 18.6. The van der Waals surface area contributed by atoms with Crippen LogP contribution in [0.1, 0.15) is 36.7 Å². The summed E-state index contributed by atoms with van der Waals surface area (Å²) in [6.45, 7) is 9.27. The molecule has 0 saturated carbocycles. The molecule has 0 spiro atoms. The van der Waals surface area contributed by atoms with Crippen LogP contribution in [0.25, 0.3) is 0 Å². The quantitative estimate of drug-likeness (QED) is 0.671. The van der Waals surface area contributed by atoms with Gasteiger partial charge in [0, 0.05) is 26.2 Å². The summed E-state index contributed by atoms with van der Waals surface area (Å²) in [6.07, 6.45) is 1.95. The van der Waals surface area contributed by atoms with Crippen LogP contribution in [0.4, 0.5) is 5.95 Å². The second-order valence-corrected chi connectivity index (χ2v) is 8.80. The molecule has 1 aliphatic heterocycles. The van der Waals surface area contributed by atoms with Gasteiger partial charge in [-0.2, -0.15) is 4.31 Å². The molecule has 0 aliphatic carbocycles. The monoisotopic (exact) mass is 380 g/mol. The van der Waals surface area contributed by atoms with Crippen LogP contribution in [-0.2, 0) is 23.1 Å². The molecule has 3 heterocycles. The van der Waals surface area contributed by atoms with Gasteiger partial charge in [0.05, 0.1) is 18.8 Å². The molecular weight excluding hydrogens is 356 g/mol. The van der Waals surface area contributed by atoms with Gasteiger partial charge in [-0.3, -0.25) is 4.57 Å². The second-order valence-electron chi connectivity index (χ2n) is 6.86. The summed E-state index contributed by atoms with van der Waals surface area (Å²) >= 11 is 0. The number of rotatable bonds is 7. The molecule has 1 unspecified atom stereocenters. The van der Waals surface area contributed by atoms with Crippen molar-refractivity contribution in [3.8, 4) is 0 Å². The lowest BCUT2D eigenvalue weighted by Crippen LogP contribution is -2.45. The Kier molecular flexibility index (Phi) is 4.89. The van der Waals surface area contributed by atoms with Gasteiger partial charge >= 0.3 is 0 Å². The zero-order valence-corrected chi connectivity index (χ0v) is 16.3. The lowest BCUT2D eigenvalue weighted by molar-refractivity contribution is 0.189. The molecule has 0 radical (unpaired) electrons. The molecule has 10 heteroatoms. The van der Waals surface area contributed by atoms with E-state index in [0.29, 0.717) is 31.4 Å². The van der Waals surface area contributed by atoms with E-state index in [9.17, 15) is 8.42 Å². The highest BCUT2D eigenvalue weighted by Gasteiger charge is 2.40. The first-order chi connectivity index (χ1) is 12.2. The maximum Gasteiger partial charge on any atom is 0.227 e. The van der Waals surface area contributed by atoms with Crippen LogP contribution < -0.4 is 4.90 Å². The third kappa shape index (κ3) is 3.65. The molecule has 0 amide bonds. The highest BCUT2D eigenvalue weighted by Crippen LogP contribution is 2.35. The standard InChI is InChI=1S/C16H24N6O3S/c1-11(2)9-21-15(14-6-7-22(14)26(5,23)24)17-18-16(21)20(4)10-13-8-12(3)25-19-13/h8,14H,1,6-7,9-10H2,2-5H3. The summed E-state index contributed by atoms with van der Waals surface area (Å²) in [6, 6.07) is 1.59. The van der Waals surface area contributed by atoms with Gasteiger partial charge in [-0.1, -0.05) is 17.3 Å². The van der Waals surface area contributed by atoms with Crippen molar-refractivity contribution in [3.63, 3.8) is 0 Å². The summed E-state index contributed by atoms with van der Waals surface area (Å²) in [7, 11) is -1.38. The molecule has 0 bridgehead atoms. The fourth-order valence-electron chi connectivity index (χ4n) is 3.08. The Bertz CT molecular complexity index is 916. The molecule has 0 N–H and O–H groups in total. The summed E-state index contributed by atoms with van der Waals surface area (Å²) < 4.78 is 32.4. The van der Waals surface area contributed by atoms with Crippen molar-refractivity contribution < 1.29 is 12.9 Å². The minimum Gasteiger partial charge on any atom is -0.361 e. The van der Waals surface area contributed by atoms with E-state index >= 15 is 0 Å². The maximum atomic E-state index is 11.9. The number of aryl methyl sites for hydroxylation is 1. The molecule has 9 nitrogen and oxygen atoms in total. The fourth-order valence-corrected chi connectivity index (χ4v) is 4.18. The highest BCUT2D eigenvalue weighted by atomic mass is 32.2. The highest BCUT2D eigenvalue weighted by molar-refractivity contribution is 7.88. The molecule has 1 aliphatic rings. The van der Waals surface area contributed by atoms with Gasteiger partial charge in [-0.25, -0.2) is 8.42 Å². The van der Waals surface area contributed by atoms with Crippen molar-refractivity contribution in [1.82, 2.24) is 24.2 Å². The average Bonchev–Trinajstić information content (AvgIpc) is 3.03. The van der Waals surface area contributed by atoms with Crippen LogP contribution >= 0.6 is 0 Å². The van der Waals surface area contributed by atoms with Gasteiger partial charge in [0.2, 0.25) is 16.0 Å².